The third kappa shape index (κ3) is 4.25. The summed E-state index contributed by atoms with van der Waals surface area (Å²) in [4.78, 5) is 45.0. The summed E-state index contributed by atoms with van der Waals surface area (Å²) in [6.07, 6.45) is 3.20. The minimum atomic E-state index is -0.381. The number of aromatic amines is 1. The van der Waals surface area contributed by atoms with E-state index < -0.39 is 0 Å². The van der Waals surface area contributed by atoms with Crippen molar-refractivity contribution in [1.29, 1.82) is 0 Å². The van der Waals surface area contributed by atoms with Gasteiger partial charge in [0.05, 0.1) is 21.9 Å². The zero-order chi connectivity index (χ0) is 23.8. The van der Waals surface area contributed by atoms with Gasteiger partial charge in [-0.3, -0.25) is 18.7 Å². The van der Waals surface area contributed by atoms with Crippen molar-refractivity contribution >= 4 is 51.2 Å². The van der Waals surface area contributed by atoms with E-state index in [1.54, 1.807) is 22.8 Å². The number of nitrogens with one attached hydrogen (secondary N) is 1. The molecule has 0 radical (unpaired) electrons. The Labute approximate surface area is 204 Å². The monoisotopic (exact) mass is 497 g/mol. The number of carbonyl (C=O) groups excluding carboxylic acids is 1. The van der Waals surface area contributed by atoms with Crippen LogP contribution in [-0.2, 0) is 4.79 Å². The summed E-state index contributed by atoms with van der Waals surface area (Å²) < 4.78 is 3.59. The second-order valence-electron chi connectivity index (χ2n) is 8.58. The van der Waals surface area contributed by atoms with Crippen LogP contribution < -0.4 is 17.0 Å². The smallest absolute Gasteiger partial charge is 0.326 e. The molecule has 3 N–H and O–H groups in total. The van der Waals surface area contributed by atoms with E-state index in [0.29, 0.717) is 26.8 Å². The second-order valence-corrected chi connectivity index (χ2v) is 10.1. The predicted molar refractivity (Wildman–Crippen MR) is 135 cm³/mol. The SMILES string of the molecule is NC(=O)CCSc1nc2ccccc2c(=O)n1C1CCC(n2c(=O)[nH]c3cc(Cl)ccc32)CC1. The number of thioether (sulfide) groups is 1. The number of imidazole rings is 1. The lowest BCUT2D eigenvalue weighted by molar-refractivity contribution is -0.117. The molecule has 1 saturated carbocycles. The molecule has 0 spiro atoms. The maximum atomic E-state index is 13.5. The molecule has 0 saturated heterocycles. The molecule has 1 amide bonds. The summed E-state index contributed by atoms with van der Waals surface area (Å²) in [6.45, 7) is 0. The number of hydrogen-bond donors (Lipinski definition) is 2. The molecule has 2 aromatic carbocycles. The van der Waals surface area contributed by atoms with E-state index in [-0.39, 0.29) is 35.7 Å². The van der Waals surface area contributed by atoms with Crippen molar-refractivity contribution in [3.05, 3.63) is 68.3 Å². The Balaban J connectivity index is 1.45. The highest BCUT2D eigenvalue weighted by Crippen LogP contribution is 2.37. The van der Waals surface area contributed by atoms with Crippen LogP contribution in [0.3, 0.4) is 0 Å². The van der Waals surface area contributed by atoms with Gasteiger partial charge in [0.1, 0.15) is 0 Å². The molecule has 1 aliphatic carbocycles. The zero-order valence-corrected chi connectivity index (χ0v) is 19.9. The molecule has 10 heteroatoms. The normalized spacial score (nSPS) is 18.5. The summed E-state index contributed by atoms with van der Waals surface area (Å²) in [5.74, 6) is 0.0797. The van der Waals surface area contributed by atoms with Crippen LogP contribution in [0.15, 0.2) is 57.2 Å². The second kappa shape index (κ2) is 9.31. The number of para-hydroxylation sites is 1. The Kier molecular flexibility index (Phi) is 6.22. The van der Waals surface area contributed by atoms with Gasteiger partial charge in [0.2, 0.25) is 5.91 Å². The number of benzene rings is 2. The van der Waals surface area contributed by atoms with Crippen molar-refractivity contribution in [1.82, 2.24) is 19.1 Å². The Morgan fingerprint density at radius 2 is 1.79 bits per heavy atom. The standard InChI is InChI=1S/C24H24ClN5O3S/c25-14-5-10-20-19(13-14)27-23(33)29(20)15-6-8-16(9-7-15)30-22(32)17-3-1-2-4-18(17)28-24(30)34-12-11-21(26)31/h1-5,10,13,15-16H,6-9,11-12H2,(H2,26,31)(H,27,33). The van der Waals surface area contributed by atoms with Crippen LogP contribution in [0, 0.1) is 0 Å². The van der Waals surface area contributed by atoms with Gasteiger partial charge in [-0.15, -0.1) is 0 Å². The zero-order valence-electron chi connectivity index (χ0n) is 18.4. The van der Waals surface area contributed by atoms with Crippen molar-refractivity contribution in [2.24, 2.45) is 5.73 Å². The van der Waals surface area contributed by atoms with Crippen molar-refractivity contribution < 1.29 is 4.79 Å². The van der Waals surface area contributed by atoms with E-state index >= 15 is 0 Å². The average Bonchev–Trinajstić information content (AvgIpc) is 3.14. The Hall–Kier alpha value is -3.04. The van der Waals surface area contributed by atoms with Crippen molar-refractivity contribution in [2.75, 3.05) is 5.75 Å². The molecule has 0 atom stereocenters. The first-order valence-corrected chi connectivity index (χ1v) is 12.6. The molecule has 0 bridgehead atoms. The minimum Gasteiger partial charge on any atom is -0.370 e. The lowest BCUT2D eigenvalue weighted by atomic mass is 9.90. The molecule has 8 nitrogen and oxygen atoms in total. The summed E-state index contributed by atoms with van der Waals surface area (Å²) in [6, 6.07) is 12.7. The van der Waals surface area contributed by atoms with Gasteiger partial charge in [-0.1, -0.05) is 35.5 Å². The number of fused-ring (bicyclic) bond motifs is 2. The minimum absolute atomic E-state index is 0.0349. The topological polar surface area (TPSA) is 116 Å². The van der Waals surface area contributed by atoms with Crippen molar-refractivity contribution in [2.45, 2.75) is 49.3 Å². The maximum Gasteiger partial charge on any atom is 0.326 e. The number of aromatic nitrogens is 4. The highest BCUT2D eigenvalue weighted by molar-refractivity contribution is 7.99. The average molecular weight is 498 g/mol. The lowest BCUT2D eigenvalue weighted by Gasteiger charge is -2.31. The molecule has 34 heavy (non-hydrogen) atoms. The molecule has 0 aliphatic heterocycles. The van der Waals surface area contributed by atoms with Gasteiger partial charge in [-0.2, -0.15) is 0 Å². The molecular formula is C24H24ClN5O3S. The van der Waals surface area contributed by atoms with Crippen LogP contribution in [-0.4, -0.2) is 30.8 Å². The van der Waals surface area contributed by atoms with Gasteiger partial charge in [-0.05, 0) is 56.0 Å². The molecule has 5 rings (SSSR count). The highest BCUT2D eigenvalue weighted by atomic mass is 35.5. The summed E-state index contributed by atoms with van der Waals surface area (Å²) in [7, 11) is 0. The molecule has 176 valence electrons. The van der Waals surface area contributed by atoms with Gasteiger partial charge in [0.25, 0.3) is 5.56 Å². The van der Waals surface area contributed by atoms with Crippen LogP contribution in [0.2, 0.25) is 5.02 Å². The largest absolute Gasteiger partial charge is 0.370 e. The predicted octanol–water partition coefficient (Wildman–Crippen LogP) is 4.02. The Morgan fingerprint density at radius 1 is 1.09 bits per heavy atom. The molecular weight excluding hydrogens is 474 g/mol. The van der Waals surface area contributed by atoms with Crippen LogP contribution in [0.25, 0.3) is 21.9 Å². The van der Waals surface area contributed by atoms with Gasteiger partial charge in [0.15, 0.2) is 5.16 Å². The summed E-state index contributed by atoms with van der Waals surface area (Å²) in [5.41, 5.74) is 7.29. The number of nitrogens with two attached hydrogens (primary N) is 1. The van der Waals surface area contributed by atoms with E-state index in [0.717, 1.165) is 36.7 Å². The van der Waals surface area contributed by atoms with Gasteiger partial charge in [0, 0.05) is 29.3 Å². The third-order valence-electron chi connectivity index (χ3n) is 6.43. The third-order valence-corrected chi connectivity index (χ3v) is 7.62. The van der Waals surface area contributed by atoms with Crippen LogP contribution in [0.4, 0.5) is 0 Å². The molecule has 1 aliphatic rings. The van der Waals surface area contributed by atoms with E-state index in [1.165, 1.54) is 11.8 Å². The van der Waals surface area contributed by atoms with Crippen LogP contribution in [0.5, 0.6) is 0 Å². The van der Waals surface area contributed by atoms with Crippen LogP contribution >= 0.6 is 23.4 Å². The van der Waals surface area contributed by atoms with E-state index in [4.69, 9.17) is 22.3 Å². The van der Waals surface area contributed by atoms with Gasteiger partial charge in [-0.25, -0.2) is 9.78 Å². The number of hydrogen-bond acceptors (Lipinski definition) is 5. The van der Waals surface area contributed by atoms with Gasteiger partial charge >= 0.3 is 5.69 Å². The molecule has 2 heterocycles. The molecule has 0 unspecified atom stereocenters. The number of rotatable bonds is 6. The molecule has 2 aromatic heterocycles. The van der Waals surface area contributed by atoms with E-state index in [9.17, 15) is 14.4 Å². The number of amides is 1. The van der Waals surface area contributed by atoms with E-state index in [2.05, 4.69) is 4.98 Å². The number of primary amides is 1. The highest BCUT2D eigenvalue weighted by Gasteiger charge is 2.28. The number of H-pyrrole nitrogens is 1. The lowest BCUT2D eigenvalue weighted by Crippen LogP contribution is -2.32. The fraction of sp³-hybridized carbons (Fsp3) is 0.333. The quantitative estimate of drug-likeness (QED) is 0.308. The molecule has 1 fully saturated rings. The number of carbonyl (C=O) groups is 1. The fourth-order valence-corrected chi connectivity index (χ4v) is 6.02. The number of nitrogens with zero attached hydrogens (tertiary/aromatic N) is 3. The summed E-state index contributed by atoms with van der Waals surface area (Å²) >= 11 is 7.46. The van der Waals surface area contributed by atoms with E-state index in [1.807, 2.05) is 28.8 Å². The Morgan fingerprint density at radius 3 is 2.53 bits per heavy atom. The first kappa shape index (κ1) is 22.7. The first-order valence-electron chi connectivity index (χ1n) is 11.2. The first-order chi connectivity index (χ1) is 16.4. The van der Waals surface area contributed by atoms with Crippen molar-refractivity contribution in [3.63, 3.8) is 0 Å². The number of halogens is 1. The molecule has 4 aromatic rings. The maximum absolute atomic E-state index is 13.5. The van der Waals surface area contributed by atoms with Crippen molar-refractivity contribution in [3.8, 4) is 0 Å². The fourth-order valence-electron chi connectivity index (χ4n) is 4.83. The summed E-state index contributed by atoms with van der Waals surface area (Å²) in [5, 5.41) is 1.76. The Bertz CT molecular complexity index is 1500. The van der Waals surface area contributed by atoms with Crippen LogP contribution in [0.1, 0.15) is 44.2 Å². The van der Waals surface area contributed by atoms with Gasteiger partial charge < -0.3 is 10.7 Å².